The maximum Gasteiger partial charge on any atom is 0.205 e. The highest BCUT2D eigenvalue weighted by atomic mass is 79.9. The third-order valence-corrected chi connectivity index (χ3v) is 3.86. The van der Waals surface area contributed by atoms with E-state index in [1.54, 1.807) is 17.7 Å². The smallest absolute Gasteiger partial charge is 0.205 e. The molecule has 0 unspecified atom stereocenters. The van der Waals surface area contributed by atoms with E-state index in [0.29, 0.717) is 28.1 Å². The summed E-state index contributed by atoms with van der Waals surface area (Å²) in [4.78, 5) is 4.30. The number of methoxy groups -OCH3 is 1. The van der Waals surface area contributed by atoms with Crippen molar-refractivity contribution in [2.75, 3.05) is 12.8 Å². The summed E-state index contributed by atoms with van der Waals surface area (Å²) in [6.45, 7) is 0.439. The highest BCUT2D eigenvalue weighted by Crippen LogP contribution is 2.29. The largest absolute Gasteiger partial charge is 0.380 e. The monoisotopic (exact) mass is 349 g/mol. The van der Waals surface area contributed by atoms with E-state index in [2.05, 4.69) is 20.9 Å². The van der Waals surface area contributed by atoms with Gasteiger partial charge in [-0.25, -0.2) is 9.37 Å². The van der Waals surface area contributed by atoms with Crippen LogP contribution in [0.15, 0.2) is 40.9 Å². The number of hydrogen-bond donors (Lipinski definition) is 1. The van der Waals surface area contributed by atoms with Crippen molar-refractivity contribution in [1.82, 2.24) is 9.55 Å². The molecule has 0 saturated heterocycles. The van der Waals surface area contributed by atoms with Crippen LogP contribution in [0, 0.1) is 5.82 Å². The molecule has 0 aliphatic heterocycles. The molecule has 108 valence electrons. The van der Waals surface area contributed by atoms with Crippen molar-refractivity contribution in [1.29, 1.82) is 0 Å². The second kappa shape index (κ2) is 5.46. The Hall–Kier alpha value is -1.92. The second-order valence-corrected chi connectivity index (χ2v) is 5.48. The Morgan fingerprint density at radius 3 is 2.86 bits per heavy atom. The van der Waals surface area contributed by atoms with Crippen molar-refractivity contribution >= 4 is 32.9 Å². The summed E-state index contributed by atoms with van der Waals surface area (Å²) in [5, 5.41) is 0. The zero-order valence-corrected chi connectivity index (χ0v) is 12.9. The normalized spacial score (nSPS) is 11.2. The van der Waals surface area contributed by atoms with Gasteiger partial charge in [0.05, 0.1) is 27.8 Å². The third kappa shape index (κ3) is 2.41. The number of nitrogens with two attached hydrogens (primary N) is 1. The fraction of sp³-hybridized carbons (Fsp3) is 0.133. The molecule has 3 aromatic rings. The van der Waals surface area contributed by atoms with Gasteiger partial charge >= 0.3 is 0 Å². The molecular weight excluding hydrogens is 337 g/mol. The molecule has 0 radical (unpaired) electrons. The number of benzene rings is 2. The molecule has 0 saturated carbocycles. The molecule has 0 aliphatic rings. The van der Waals surface area contributed by atoms with E-state index in [1.165, 1.54) is 6.07 Å². The molecule has 6 heteroatoms. The number of nitrogen functional groups attached to an aromatic ring is 1. The van der Waals surface area contributed by atoms with Crippen molar-refractivity contribution in [3.63, 3.8) is 0 Å². The summed E-state index contributed by atoms with van der Waals surface area (Å²) in [5.74, 6) is -0.0427. The number of rotatable bonds is 3. The molecule has 21 heavy (non-hydrogen) atoms. The Labute approximate surface area is 129 Å². The Morgan fingerprint density at radius 1 is 1.33 bits per heavy atom. The average Bonchev–Trinajstić information content (AvgIpc) is 2.76. The first-order valence-electron chi connectivity index (χ1n) is 6.32. The van der Waals surface area contributed by atoms with Crippen molar-refractivity contribution < 1.29 is 9.13 Å². The van der Waals surface area contributed by atoms with Crippen molar-refractivity contribution in [3.8, 4) is 5.69 Å². The summed E-state index contributed by atoms with van der Waals surface area (Å²) in [7, 11) is 1.63. The highest BCUT2D eigenvalue weighted by molar-refractivity contribution is 9.10. The lowest BCUT2D eigenvalue weighted by Gasteiger charge is -2.12. The molecule has 0 spiro atoms. The zero-order valence-electron chi connectivity index (χ0n) is 11.3. The molecule has 2 N–H and O–H groups in total. The lowest BCUT2D eigenvalue weighted by molar-refractivity contribution is 0.185. The number of fused-ring (bicyclic) bond motifs is 1. The number of aromatic nitrogens is 2. The van der Waals surface area contributed by atoms with Crippen LogP contribution in [0.1, 0.15) is 5.56 Å². The maximum atomic E-state index is 13.8. The summed E-state index contributed by atoms with van der Waals surface area (Å²) in [6.07, 6.45) is 0. The maximum absolute atomic E-state index is 13.8. The van der Waals surface area contributed by atoms with Gasteiger partial charge in [0, 0.05) is 18.7 Å². The topological polar surface area (TPSA) is 53.1 Å². The van der Waals surface area contributed by atoms with Crippen LogP contribution in [0.5, 0.6) is 0 Å². The Kier molecular flexibility index (Phi) is 3.65. The molecular formula is C15H13BrFN3O. The van der Waals surface area contributed by atoms with E-state index in [1.807, 2.05) is 24.3 Å². The number of ether oxygens (including phenoxy) is 1. The van der Waals surface area contributed by atoms with Gasteiger partial charge in [0.1, 0.15) is 5.82 Å². The van der Waals surface area contributed by atoms with Crippen molar-refractivity contribution in [2.24, 2.45) is 0 Å². The number of hydrogen-bond acceptors (Lipinski definition) is 3. The second-order valence-electron chi connectivity index (χ2n) is 4.62. The summed E-state index contributed by atoms with van der Waals surface area (Å²) < 4.78 is 21.2. The summed E-state index contributed by atoms with van der Waals surface area (Å²) in [6, 6.07) is 10.7. The van der Waals surface area contributed by atoms with Gasteiger partial charge < -0.3 is 10.5 Å². The first kappa shape index (κ1) is 14.0. The van der Waals surface area contributed by atoms with Crippen LogP contribution in [0.25, 0.3) is 16.7 Å². The molecule has 3 rings (SSSR count). The SMILES string of the molecule is COCc1ccccc1-n1c(N)nc2cc(Br)c(F)cc21. The minimum atomic E-state index is -0.354. The van der Waals surface area contributed by atoms with Gasteiger partial charge in [-0.15, -0.1) is 0 Å². The predicted molar refractivity (Wildman–Crippen MR) is 83.9 cm³/mol. The van der Waals surface area contributed by atoms with Crippen LogP contribution in [-0.4, -0.2) is 16.7 Å². The van der Waals surface area contributed by atoms with Crippen LogP contribution in [0.2, 0.25) is 0 Å². The molecule has 0 fully saturated rings. The molecule has 1 heterocycles. The van der Waals surface area contributed by atoms with Crippen LogP contribution in [0.3, 0.4) is 0 Å². The van der Waals surface area contributed by atoms with E-state index in [-0.39, 0.29) is 5.82 Å². The molecule has 0 amide bonds. The number of anilines is 1. The number of halogens is 2. The minimum absolute atomic E-state index is 0.311. The predicted octanol–water partition coefficient (Wildman–Crippen LogP) is 3.66. The van der Waals surface area contributed by atoms with Crippen molar-refractivity contribution in [3.05, 3.63) is 52.3 Å². The van der Waals surface area contributed by atoms with E-state index < -0.39 is 0 Å². The molecule has 2 aromatic carbocycles. The van der Waals surface area contributed by atoms with Gasteiger partial charge in [-0.1, -0.05) is 18.2 Å². The van der Waals surface area contributed by atoms with Crippen LogP contribution in [-0.2, 0) is 11.3 Å². The summed E-state index contributed by atoms with van der Waals surface area (Å²) >= 11 is 3.16. The van der Waals surface area contributed by atoms with E-state index in [9.17, 15) is 4.39 Å². The van der Waals surface area contributed by atoms with Crippen LogP contribution in [0.4, 0.5) is 10.3 Å². The Balaban J connectivity index is 2.30. The Morgan fingerprint density at radius 2 is 2.10 bits per heavy atom. The lowest BCUT2D eigenvalue weighted by Crippen LogP contribution is -2.04. The first-order chi connectivity index (χ1) is 10.1. The number of nitrogens with zero attached hydrogens (tertiary/aromatic N) is 2. The standard InChI is InChI=1S/C15H13BrFN3O/c1-21-8-9-4-2-3-5-13(9)20-14-7-11(17)10(16)6-12(14)19-15(20)18/h2-7H,8H2,1H3,(H2,18,19). The van der Waals surface area contributed by atoms with E-state index in [0.717, 1.165) is 11.3 Å². The van der Waals surface area contributed by atoms with Gasteiger partial charge in [0.2, 0.25) is 5.95 Å². The highest BCUT2D eigenvalue weighted by Gasteiger charge is 2.15. The van der Waals surface area contributed by atoms with Crippen LogP contribution < -0.4 is 5.73 Å². The first-order valence-corrected chi connectivity index (χ1v) is 7.11. The number of para-hydroxylation sites is 1. The van der Waals surface area contributed by atoms with Gasteiger partial charge in [-0.2, -0.15) is 0 Å². The molecule has 0 bridgehead atoms. The van der Waals surface area contributed by atoms with Crippen LogP contribution >= 0.6 is 15.9 Å². The van der Waals surface area contributed by atoms with Gasteiger partial charge in [-0.05, 0) is 28.1 Å². The average molecular weight is 350 g/mol. The molecule has 4 nitrogen and oxygen atoms in total. The van der Waals surface area contributed by atoms with E-state index >= 15 is 0 Å². The van der Waals surface area contributed by atoms with Gasteiger partial charge in [-0.3, -0.25) is 4.57 Å². The molecule has 0 atom stereocenters. The number of imidazole rings is 1. The van der Waals surface area contributed by atoms with Gasteiger partial charge in [0.15, 0.2) is 0 Å². The lowest BCUT2D eigenvalue weighted by atomic mass is 10.2. The minimum Gasteiger partial charge on any atom is -0.380 e. The fourth-order valence-electron chi connectivity index (χ4n) is 2.35. The third-order valence-electron chi connectivity index (χ3n) is 3.25. The zero-order chi connectivity index (χ0) is 15.0. The van der Waals surface area contributed by atoms with Crippen molar-refractivity contribution in [2.45, 2.75) is 6.61 Å². The fourth-order valence-corrected chi connectivity index (χ4v) is 2.68. The molecule has 0 aliphatic carbocycles. The summed E-state index contributed by atoms with van der Waals surface area (Å²) in [5.41, 5.74) is 9.07. The Bertz CT molecular complexity index is 816. The van der Waals surface area contributed by atoms with E-state index in [4.69, 9.17) is 10.5 Å². The molecule has 1 aromatic heterocycles. The quantitative estimate of drug-likeness (QED) is 0.784. The van der Waals surface area contributed by atoms with Gasteiger partial charge in [0.25, 0.3) is 0 Å².